The van der Waals surface area contributed by atoms with Crippen LogP contribution in [0.1, 0.15) is 0 Å². The van der Waals surface area contributed by atoms with E-state index in [1.165, 1.54) is 76.6 Å². The van der Waals surface area contributed by atoms with Crippen molar-refractivity contribution in [2.75, 3.05) is 4.90 Å². The van der Waals surface area contributed by atoms with E-state index in [-0.39, 0.29) is 0 Å². The third-order valence-corrected chi connectivity index (χ3v) is 11.8. The summed E-state index contributed by atoms with van der Waals surface area (Å²) in [5.74, 6) is 0. The monoisotopic (exact) mass is 725 g/mol. The number of benzene rings is 9. The van der Waals surface area contributed by atoms with Crippen molar-refractivity contribution in [1.29, 1.82) is 0 Å². The van der Waals surface area contributed by atoms with Gasteiger partial charge >= 0.3 is 0 Å². The zero-order chi connectivity index (χ0) is 37.5. The molecule has 3 aromatic heterocycles. The minimum atomic E-state index is 1.09. The van der Waals surface area contributed by atoms with E-state index in [1.807, 2.05) is 0 Å². The highest BCUT2D eigenvalue weighted by molar-refractivity contribution is 6.28. The van der Waals surface area contributed by atoms with Gasteiger partial charge in [0.25, 0.3) is 0 Å². The van der Waals surface area contributed by atoms with Crippen LogP contribution in [0.3, 0.4) is 0 Å². The Morgan fingerprint density at radius 2 is 0.825 bits per heavy atom. The quantitative estimate of drug-likeness (QED) is 0.166. The Labute approximate surface area is 329 Å². The molecule has 0 atom stereocenters. The second-order valence-corrected chi connectivity index (χ2v) is 14.9. The molecule has 0 bridgehead atoms. The maximum absolute atomic E-state index is 2.54. The van der Waals surface area contributed by atoms with Gasteiger partial charge in [0.2, 0.25) is 0 Å². The van der Waals surface area contributed by atoms with E-state index < -0.39 is 0 Å². The molecule has 57 heavy (non-hydrogen) atoms. The summed E-state index contributed by atoms with van der Waals surface area (Å²) in [4.78, 5) is 2.54. The summed E-state index contributed by atoms with van der Waals surface area (Å²) >= 11 is 0. The van der Waals surface area contributed by atoms with Crippen LogP contribution in [-0.2, 0) is 0 Å². The van der Waals surface area contributed by atoms with E-state index in [0.717, 1.165) is 28.3 Å². The fourth-order valence-electron chi connectivity index (χ4n) is 9.40. The van der Waals surface area contributed by atoms with E-state index in [9.17, 15) is 0 Å². The van der Waals surface area contributed by atoms with Crippen molar-refractivity contribution in [3.05, 3.63) is 212 Å². The van der Waals surface area contributed by atoms with Gasteiger partial charge in [-0.15, -0.1) is 0 Å². The Balaban J connectivity index is 1.27. The Morgan fingerprint density at radius 3 is 1.49 bits per heavy atom. The van der Waals surface area contributed by atoms with Crippen molar-refractivity contribution in [1.82, 2.24) is 8.97 Å². The first-order valence-electron chi connectivity index (χ1n) is 19.6. The van der Waals surface area contributed by atoms with E-state index >= 15 is 0 Å². The summed E-state index contributed by atoms with van der Waals surface area (Å²) in [7, 11) is 0. The predicted molar refractivity (Wildman–Crippen MR) is 241 cm³/mol. The molecule has 12 rings (SSSR count). The predicted octanol–water partition coefficient (Wildman–Crippen LogP) is 14.7. The highest BCUT2D eigenvalue weighted by atomic mass is 15.2. The Bertz CT molecular complexity index is 3390. The molecule has 0 spiro atoms. The molecule has 3 heterocycles. The van der Waals surface area contributed by atoms with Crippen molar-refractivity contribution in [2.24, 2.45) is 0 Å². The van der Waals surface area contributed by atoms with E-state index in [1.54, 1.807) is 0 Å². The van der Waals surface area contributed by atoms with Crippen molar-refractivity contribution in [3.8, 4) is 27.9 Å². The first-order chi connectivity index (χ1) is 28.3. The van der Waals surface area contributed by atoms with Gasteiger partial charge in [0.15, 0.2) is 0 Å². The molecule has 9 aromatic carbocycles. The van der Waals surface area contributed by atoms with Crippen LogP contribution in [-0.4, -0.2) is 8.97 Å². The summed E-state index contributed by atoms with van der Waals surface area (Å²) < 4.78 is 4.93. The zero-order valence-corrected chi connectivity index (χ0v) is 31.0. The molecule has 0 aliphatic rings. The van der Waals surface area contributed by atoms with Crippen LogP contribution in [0.15, 0.2) is 212 Å². The number of fused-ring (bicyclic) bond motifs is 9. The standard InChI is InChI=1S/C54H35N3/c1-4-17-36(18-5-1)38-33-39(37-19-6-2-7-20-37)35-41(34-38)55(51-30-16-26-44-42-23-10-13-27-47(42)56(53(44)51)40-21-8-3-9-22-40)50-32-31-45-43-24-11-14-28-48(43)57-49-29-15-12-25-46(49)52(50)54(45)57/h1-35H. The van der Waals surface area contributed by atoms with Gasteiger partial charge in [-0.2, -0.15) is 0 Å². The van der Waals surface area contributed by atoms with Crippen LogP contribution >= 0.6 is 0 Å². The van der Waals surface area contributed by atoms with E-state index in [0.29, 0.717) is 0 Å². The molecule has 0 unspecified atom stereocenters. The number of anilines is 3. The van der Waals surface area contributed by atoms with Crippen molar-refractivity contribution < 1.29 is 0 Å². The summed E-state index contributed by atoms with van der Waals surface area (Å²) in [6.07, 6.45) is 0. The minimum Gasteiger partial charge on any atom is -0.308 e. The van der Waals surface area contributed by atoms with Gasteiger partial charge in [-0.1, -0.05) is 152 Å². The van der Waals surface area contributed by atoms with E-state index in [4.69, 9.17) is 0 Å². The molecule has 0 saturated carbocycles. The van der Waals surface area contributed by atoms with Gasteiger partial charge in [0.1, 0.15) is 0 Å². The second-order valence-electron chi connectivity index (χ2n) is 14.9. The summed E-state index contributed by atoms with van der Waals surface area (Å²) in [5, 5.41) is 7.45. The van der Waals surface area contributed by atoms with Crippen LogP contribution in [0, 0.1) is 0 Å². The lowest BCUT2D eigenvalue weighted by atomic mass is 9.96. The highest BCUT2D eigenvalue weighted by Crippen LogP contribution is 2.50. The molecular weight excluding hydrogens is 691 g/mol. The van der Waals surface area contributed by atoms with Crippen molar-refractivity contribution in [3.63, 3.8) is 0 Å². The van der Waals surface area contributed by atoms with Crippen LogP contribution in [0.5, 0.6) is 0 Å². The van der Waals surface area contributed by atoms with Gasteiger partial charge < -0.3 is 13.9 Å². The highest BCUT2D eigenvalue weighted by Gasteiger charge is 2.27. The van der Waals surface area contributed by atoms with Gasteiger partial charge in [-0.3, -0.25) is 0 Å². The number of nitrogens with zero attached hydrogens (tertiary/aromatic N) is 3. The van der Waals surface area contributed by atoms with Crippen LogP contribution < -0.4 is 4.90 Å². The fourth-order valence-corrected chi connectivity index (χ4v) is 9.40. The molecule has 3 nitrogen and oxygen atoms in total. The fraction of sp³-hybridized carbons (Fsp3) is 0. The summed E-state index contributed by atoms with van der Waals surface area (Å²) in [5.41, 5.74) is 15.2. The molecule has 12 aromatic rings. The number of hydrogen-bond donors (Lipinski definition) is 0. The number of hydrogen-bond acceptors (Lipinski definition) is 1. The lowest BCUT2D eigenvalue weighted by molar-refractivity contribution is 1.17. The number of para-hydroxylation sites is 5. The molecule has 3 heteroatoms. The number of aromatic nitrogens is 2. The molecule has 0 aliphatic heterocycles. The molecule has 0 saturated heterocycles. The maximum Gasteiger partial charge on any atom is 0.0782 e. The smallest absolute Gasteiger partial charge is 0.0782 e. The average molecular weight is 726 g/mol. The maximum atomic E-state index is 2.54. The van der Waals surface area contributed by atoms with Gasteiger partial charge in [0, 0.05) is 43.7 Å². The molecule has 0 N–H and O–H groups in total. The molecule has 266 valence electrons. The Morgan fingerprint density at radius 1 is 0.316 bits per heavy atom. The normalized spacial score (nSPS) is 11.9. The van der Waals surface area contributed by atoms with E-state index in [2.05, 4.69) is 226 Å². The second kappa shape index (κ2) is 12.5. The SMILES string of the molecule is c1ccc(-c2cc(-c3ccccc3)cc(N(c3ccc4c5ccccc5n5c6ccccc6c3c45)c3cccc4c5ccccc5n(-c5ccccc5)c34)c2)cc1. The van der Waals surface area contributed by atoms with Gasteiger partial charge in [0.05, 0.1) is 39.0 Å². The molecule has 0 aliphatic carbocycles. The minimum absolute atomic E-state index is 1.09. The molecule has 0 fully saturated rings. The third-order valence-electron chi connectivity index (χ3n) is 11.8. The van der Waals surface area contributed by atoms with Crippen molar-refractivity contribution in [2.45, 2.75) is 0 Å². The third kappa shape index (κ3) is 4.73. The largest absolute Gasteiger partial charge is 0.308 e. The Kier molecular flexibility index (Phi) is 6.93. The first kappa shape index (κ1) is 31.7. The van der Waals surface area contributed by atoms with Gasteiger partial charge in [-0.25, -0.2) is 0 Å². The topological polar surface area (TPSA) is 12.6 Å². The molecule has 0 amide bonds. The first-order valence-corrected chi connectivity index (χ1v) is 19.6. The lowest BCUT2D eigenvalue weighted by Crippen LogP contribution is -2.12. The van der Waals surface area contributed by atoms with Crippen LogP contribution in [0.25, 0.3) is 87.8 Å². The average Bonchev–Trinajstić information content (AvgIpc) is 3.93. The molecular formula is C54H35N3. The van der Waals surface area contributed by atoms with Crippen molar-refractivity contribution >= 4 is 77.0 Å². The van der Waals surface area contributed by atoms with Crippen LogP contribution in [0.4, 0.5) is 17.1 Å². The van der Waals surface area contributed by atoms with Crippen LogP contribution in [0.2, 0.25) is 0 Å². The summed E-state index contributed by atoms with van der Waals surface area (Å²) in [6, 6.07) is 77.5. The summed E-state index contributed by atoms with van der Waals surface area (Å²) in [6.45, 7) is 0. The molecule has 0 radical (unpaired) electrons. The lowest BCUT2D eigenvalue weighted by Gasteiger charge is -2.29. The number of rotatable bonds is 6. The zero-order valence-electron chi connectivity index (χ0n) is 31.0. The van der Waals surface area contributed by atoms with Gasteiger partial charge in [-0.05, 0) is 82.9 Å². The Hall–Kier alpha value is -7.62.